The van der Waals surface area contributed by atoms with E-state index in [1.807, 2.05) is 11.3 Å². The lowest BCUT2D eigenvalue weighted by atomic mass is 9.70. The second kappa shape index (κ2) is 17.9. The number of hydrogen-bond acceptors (Lipinski definition) is 4. The van der Waals surface area contributed by atoms with Crippen LogP contribution in [-0.2, 0) is 27.1 Å². The smallest absolute Gasteiger partial charge is 0.145 e. The molecule has 0 radical (unpaired) electrons. The number of fused-ring (bicyclic) bond motifs is 18. The molecule has 1 spiro atoms. The van der Waals surface area contributed by atoms with Crippen LogP contribution in [0.2, 0.25) is 0 Å². The molecule has 0 N–H and O–H groups in total. The number of nitrogens with zero attached hydrogens (tertiary/aromatic N) is 2. The molecule has 12 aromatic rings. The third-order valence-corrected chi connectivity index (χ3v) is 18.9. The van der Waals surface area contributed by atoms with Crippen molar-refractivity contribution in [3.63, 3.8) is 0 Å². The summed E-state index contributed by atoms with van der Waals surface area (Å²) in [6.07, 6.45) is 0. The van der Waals surface area contributed by atoms with Gasteiger partial charge in [-0.1, -0.05) is 217 Å². The molecule has 0 fully saturated rings. The first kappa shape index (κ1) is 51.0. The minimum Gasteiger partial charge on any atom is -0.455 e. The Bertz CT molecular complexity index is 4310. The Balaban J connectivity index is 1.16. The fourth-order valence-corrected chi connectivity index (χ4v) is 14.7. The van der Waals surface area contributed by atoms with Gasteiger partial charge in [0, 0.05) is 49.2 Å². The number of furan rings is 1. The van der Waals surface area contributed by atoms with Crippen molar-refractivity contribution in [2.24, 2.45) is 0 Å². The van der Waals surface area contributed by atoms with Crippen LogP contribution in [0.15, 0.2) is 211 Å². The summed E-state index contributed by atoms with van der Waals surface area (Å²) in [5.74, 6) is 0. The average Bonchev–Trinajstić information content (AvgIpc) is 3.76. The van der Waals surface area contributed by atoms with Gasteiger partial charge in [0.2, 0.25) is 0 Å². The van der Waals surface area contributed by atoms with Crippen LogP contribution in [0.3, 0.4) is 0 Å². The van der Waals surface area contributed by atoms with Gasteiger partial charge in [0.1, 0.15) is 11.2 Å². The van der Waals surface area contributed by atoms with E-state index in [-0.39, 0.29) is 21.7 Å². The molecule has 4 heteroatoms. The highest BCUT2D eigenvalue weighted by molar-refractivity contribution is 7.26. The summed E-state index contributed by atoms with van der Waals surface area (Å²) in [6, 6.07) is 78.8. The van der Waals surface area contributed by atoms with E-state index in [4.69, 9.17) is 4.42 Å². The third-order valence-electron chi connectivity index (χ3n) is 17.7. The number of benzene rings is 10. The summed E-state index contributed by atoms with van der Waals surface area (Å²) in [5.41, 5.74) is 22.8. The van der Waals surface area contributed by atoms with E-state index >= 15 is 0 Å². The van der Waals surface area contributed by atoms with Crippen molar-refractivity contribution >= 4 is 87.6 Å². The van der Waals surface area contributed by atoms with Crippen molar-refractivity contribution in [2.75, 3.05) is 9.80 Å². The first-order valence-corrected chi connectivity index (χ1v) is 29.7. The van der Waals surface area contributed by atoms with Gasteiger partial charge >= 0.3 is 0 Å². The molecule has 0 saturated carbocycles. The molecule has 2 aliphatic carbocycles. The first-order chi connectivity index (χ1) is 38.7. The quantitative estimate of drug-likeness (QED) is 0.165. The van der Waals surface area contributed by atoms with E-state index in [1.54, 1.807) is 0 Å². The van der Waals surface area contributed by atoms with Crippen LogP contribution in [0.1, 0.15) is 128 Å². The fourth-order valence-electron chi connectivity index (χ4n) is 13.5. The maximum Gasteiger partial charge on any atom is 0.145 e. The number of thiophene rings is 1. The van der Waals surface area contributed by atoms with Gasteiger partial charge in [-0.3, -0.25) is 0 Å². The maximum atomic E-state index is 7.62. The molecule has 0 aliphatic heterocycles. The standard InChI is InChI=1S/C77H70N2OS/c1-73(2,3)47-29-37-51(38-30-47)78(52-39-31-48(32-40-52)74(4,5)6)63-45-62-70(71-67(63)57-23-15-19-27-65(57)80-71)69-61(77(62)59-25-17-13-21-55(59)56-22-14-18-26-60(56)77)46-64(72-68(69)58-24-16-20-28-66(58)81-72)79(53-41-33-49(34-42-53)75(7,8)9)54-43-35-50(36-44-54)76(10,11)12/h13-46H,1-12H3. The van der Waals surface area contributed by atoms with Crippen molar-refractivity contribution in [3.05, 3.63) is 251 Å². The molecule has 14 rings (SSSR count). The Morgan fingerprint density at radius 3 is 1.21 bits per heavy atom. The highest BCUT2D eigenvalue weighted by atomic mass is 32.1. The van der Waals surface area contributed by atoms with Crippen LogP contribution in [-0.4, -0.2) is 0 Å². The normalized spacial score (nSPS) is 13.8. The van der Waals surface area contributed by atoms with E-state index in [2.05, 4.69) is 299 Å². The van der Waals surface area contributed by atoms with E-state index < -0.39 is 5.41 Å². The molecule has 400 valence electrons. The van der Waals surface area contributed by atoms with Crippen molar-refractivity contribution in [3.8, 4) is 22.3 Å². The summed E-state index contributed by atoms with van der Waals surface area (Å²) in [4.78, 5) is 5.06. The molecule has 0 unspecified atom stereocenters. The molecule has 3 nitrogen and oxygen atoms in total. The second-order valence-corrected chi connectivity index (χ2v) is 28.0. The fraction of sp³-hybridized carbons (Fsp3) is 0.221. The minimum atomic E-state index is -0.762. The van der Waals surface area contributed by atoms with E-state index in [0.717, 1.165) is 61.6 Å². The Morgan fingerprint density at radius 1 is 0.358 bits per heavy atom. The Hall–Kier alpha value is -8.18. The Kier molecular flexibility index (Phi) is 11.3. The minimum absolute atomic E-state index is 0.00633. The van der Waals surface area contributed by atoms with Crippen molar-refractivity contribution in [1.82, 2.24) is 0 Å². The topological polar surface area (TPSA) is 19.6 Å². The molecule has 0 atom stereocenters. The molecule has 0 amide bonds. The number of para-hydroxylation sites is 1. The third kappa shape index (κ3) is 7.80. The van der Waals surface area contributed by atoms with Crippen LogP contribution in [0, 0.1) is 0 Å². The van der Waals surface area contributed by atoms with Gasteiger partial charge in [-0.2, -0.15) is 0 Å². The van der Waals surface area contributed by atoms with Gasteiger partial charge in [0.05, 0.1) is 26.9 Å². The molecule has 2 aliphatic rings. The van der Waals surface area contributed by atoms with Gasteiger partial charge in [-0.25, -0.2) is 0 Å². The molecule has 81 heavy (non-hydrogen) atoms. The van der Waals surface area contributed by atoms with Crippen LogP contribution in [0.5, 0.6) is 0 Å². The van der Waals surface area contributed by atoms with Gasteiger partial charge < -0.3 is 14.2 Å². The summed E-state index contributed by atoms with van der Waals surface area (Å²) in [7, 11) is 0. The van der Waals surface area contributed by atoms with E-state index in [0.29, 0.717) is 0 Å². The maximum absolute atomic E-state index is 7.62. The van der Waals surface area contributed by atoms with Crippen LogP contribution in [0.4, 0.5) is 34.1 Å². The van der Waals surface area contributed by atoms with Gasteiger partial charge in [-0.05, 0) is 156 Å². The molecule has 0 saturated heterocycles. The molecule has 2 heterocycles. The highest BCUT2D eigenvalue weighted by Gasteiger charge is 2.54. The summed E-state index contributed by atoms with van der Waals surface area (Å²) < 4.78 is 10.1. The van der Waals surface area contributed by atoms with Crippen molar-refractivity contribution in [2.45, 2.75) is 110 Å². The second-order valence-electron chi connectivity index (χ2n) is 26.9. The lowest BCUT2D eigenvalue weighted by molar-refractivity contribution is 0.590. The molecular weight excluding hydrogens is 1000 g/mol. The van der Waals surface area contributed by atoms with Gasteiger partial charge in [0.15, 0.2) is 0 Å². The van der Waals surface area contributed by atoms with Crippen LogP contribution < -0.4 is 9.80 Å². The molecule has 10 aromatic carbocycles. The predicted octanol–water partition coefficient (Wildman–Crippen LogP) is 22.4. The zero-order valence-corrected chi connectivity index (χ0v) is 49.7. The summed E-state index contributed by atoms with van der Waals surface area (Å²) in [6.45, 7) is 27.6. The van der Waals surface area contributed by atoms with Gasteiger partial charge in [0.25, 0.3) is 0 Å². The van der Waals surface area contributed by atoms with E-state index in [9.17, 15) is 0 Å². The Labute approximate surface area is 482 Å². The largest absolute Gasteiger partial charge is 0.455 e. The average molecular weight is 1070 g/mol. The van der Waals surface area contributed by atoms with Crippen molar-refractivity contribution < 1.29 is 4.42 Å². The highest BCUT2D eigenvalue weighted by Crippen LogP contribution is 2.68. The summed E-state index contributed by atoms with van der Waals surface area (Å²) in [5, 5.41) is 4.70. The van der Waals surface area contributed by atoms with E-state index in [1.165, 1.54) is 81.4 Å². The number of rotatable bonds is 6. The predicted molar refractivity (Wildman–Crippen MR) is 347 cm³/mol. The zero-order valence-electron chi connectivity index (χ0n) is 48.8. The van der Waals surface area contributed by atoms with Gasteiger partial charge in [-0.15, -0.1) is 11.3 Å². The SMILES string of the molecule is CC(C)(C)c1ccc(N(c2ccc(C(C)(C)C)cc2)c2cc3c(c4c2sc2ccccc24)-c2c(cc(N(c4ccc(C(C)(C)C)cc4)c4ccc(C(C)(C)C)cc4)c4c2oc2ccccc24)C32c3ccccc3-c3ccccc32)cc1. The molecule has 0 bridgehead atoms. The zero-order chi connectivity index (χ0) is 56.1. The molecular formula is C77H70N2OS. The first-order valence-electron chi connectivity index (χ1n) is 28.9. The molecule has 2 aromatic heterocycles. The van der Waals surface area contributed by atoms with Crippen LogP contribution in [0.25, 0.3) is 64.4 Å². The van der Waals surface area contributed by atoms with Crippen molar-refractivity contribution in [1.29, 1.82) is 0 Å². The summed E-state index contributed by atoms with van der Waals surface area (Å²) >= 11 is 1.90. The number of anilines is 6. The lowest BCUT2D eigenvalue weighted by Gasteiger charge is -2.34. The monoisotopic (exact) mass is 1070 g/mol. The lowest BCUT2D eigenvalue weighted by Crippen LogP contribution is -2.26. The number of hydrogen-bond donors (Lipinski definition) is 0. The van der Waals surface area contributed by atoms with Crippen LogP contribution >= 0.6 is 11.3 Å². The Morgan fingerprint density at radius 2 is 0.741 bits per heavy atom.